The van der Waals surface area contributed by atoms with E-state index in [-0.39, 0.29) is 17.7 Å². The van der Waals surface area contributed by atoms with Gasteiger partial charge in [-0.25, -0.2) is 13.1 Å². The minimum Gasteiger partial charge on any atom is -0.385 e. The molecule has 0 spiro atoms. The van der Waals surface area contributed by atoms with Crippen LogP contribution in [0.25, 0.3) is 0 Å². The smallest absolute Gasteiger partial charge is 0.261 e. The molecule has 0 bridgehead atoms. The molecule has 2 rings (SSSR count). The summed E-state index contributed by atoms with van der Waals surface area (Å²) in [5, 5.41) is 3.28. The number of hydrogen-bond acceptors (Lipinski definition) is 5. The van der Waals surface area contributed by atoms with E-state index in [2.05, 4.69) is 10.0 Å². The molecule has 7 nitrogen and oxygen atoms in total. The van der Waals surface area contributed by atoms with Crippen molar-refractivity contribution >= 4 is 27.5 Å². The molecule has 0 saturated carbocycles. The minimum absolute atomic E-state index is 0.219. The normalized spacial score (nSPS) is 14.6. The predicted molar refractivity (Wildman–Crippen MR) is 116 cm³/mol. The van der Waals surface area contributed by atoms with Gasteiger partial charge < -0.3 is 5.32 Å². The van der Waals surface area contributed by atoms with E-state index in [1.807, 2.05) is 19.9 Å². The molecule has 1 aliphatic rings. The molecule has 29 heavy (non-hydrogen) atoms. The fourth-order valence-electron chi connectivity index (χ4n) is 3.01. The maximum atomic E-state index is 12.5. The lowest BCUT2D eigenvalue weighted by molar-refractivity contribution is 0.0636. The molecule has 0 atom stereocenters. The Kier molecular flexibility index (Phi) is 7.45. The molecule has 0 unspecified atom stereocenters. The van der Waals surface area contributed by atoms with Crippen LogP contribution in [0.2, 0.25) is 0 Å². The number of fused-ring (bicyclic) bond motifs is 1. The largest absolute Gasteiger partial charge is 0.385 e. The Morgan fingerprint density at radius 2 is 1.59 bits per heavy atom. The van der Waals surface area contributed by atoms with E-state index in [0.717, 1.165) is 24.9 Å². The van der Waals surface area contributed by atoms with Gasteiger partial charge in [-0.05, 0) is 57.7 Å². The van der Waals surface area contributed by atoms with Crippen LogP contribution in [0.4, 0.5) is 5.69 Å². The number of hydrogen-bond donors (Lipinski definition) is 2. The first-order valence-corrected chi connectivity index (χ1v) is 11.7. The molecule has 0 fully saturated rings. The third kappa shape index (κ3) is 5.79. The van der Waals surface area contributed by atoms with Gasteiger partial charge in [-0.2, -0.15) is 0 Å². The number of carbonyl (C=O) groups excluding carboxylic acids is 2. The zero-order valence-corrected chi connectivity index (χ0v) is 18.9. The molecule has 1 aromatic rings. The number of nitrogens with one attached hydrogen (secondary N) is 2. The van der Waals surface area contributed by atoms with Gasteiger partial charge in [0.25, 0.3) is 11.8 Å². The lowest BCUT2D eigenvalue weighted by Crippen LogP contribution is -2.39. The fraction of sp³-hybridized carbons (Fsp3) is 0.619. The lowest BCUT2D eigenvalue weighted by atomic mass is 10.1. The average Bonchev–Trinajstić information content (AvgIpc) is 2.84. The van der Waals surface area contributed by atoms with E-state index >= 15 is 0 Å². The highest BCUT2D eigenvalue weighted by atomic mass is 32.2. The van der Waals surface area contributed by atoms with Crippen LogP contribution in [-0.4, -0.2) is 49.5 Å². The SMILES string of the molecule is CC(C)CN1C(=O)c2ccc(NCCCCCNS(=O)(=O)C(C)(C)C)cc2C1=O. The Balaban J connectivity index is 1.78. The van der Waals surface area contributed by atoms with Crippen molar-refractivity contribution in [2.75, 3.05) is 25.0 Å². The van der Waals surface area contributed by atoms with Crippen molar-refractivity contribution in [1.82, 2.24) is 9.62 Å². The third-order valence-electron chi connectivity index (χ3n) is 4.80. The summed E-state index contributed by atoms with van der Waals surface area (Å²) in [7, 11) is -3.29. The first-order valence-electron chi connectivity index (χ1n) is 10.2. The Bertz CT molecular complexity index is 857. The zero-order chi connectivity index (χ0) is 21.8. The van der Waals surface area contributed by atoms with E-state index in [1.165, 1.54) is 4.90 Å². The maximum Gasteiger partial charge on any atom is 0.261 e. The standard InChI is InChI=1S/C21H33N3O4S/c1-15(2)14-24-19(25)17-10-9-16(13-18(17)20(24)26)22-11-7-6-8-12-23-29(27,28)21(3,4)5/h9-10,13,15,22-23H,6-8,11-12,14H2,1-5H3. The number of nitrogens with zero attached hydrogens (tertiary/aromatic N) is 1. The first kappa shape index (κ1) is 23.3. The molecule has 0 radical (unpaired) electrons. The van der Waals surface area contributed by atoms with Crippen LogP contribution in [-0.2, 0) is 10.0 Å². The first-order chi connectivity index (χ1) is 13.4. The second-order valence-corrected chi connectivity index (χ2v) is 11.4. The second-order valence-electron chi connectivity index (χ2n) is 8.87. The summed E-state index contributed by atoms with van der Waals surface area (Å²) in [6, 6.07) is 5.27. The van der Waals surface area contributed by atoms with Gasteiger partial charge in [0.1, 0.15) is 0 Å². The van der Waals surface area contributed by atoms with Crippen molar-refractivity contribution in [3.63, 3.8) is 0 Å². The molecule has 1 heterocycles. The van der Waals surface area contributed by atoms with Gasteiger partial charge in [0.15, 0.2) is 0 Å². The predicted octanol–water partition coefficient (Wildman–Crippen LogP) is 3.24. The van der Waals surface area contributed by atoms with Gasteiger partial charge in [-0.1, -0.05) is 20.3 Å². The highest BCUT2D eigenvalue weighted by molar-refractivity contribution is 7.90. The highest BCUT2D eigenvalue weighted by Crippen LogP contribution is 2.26. The number of rotatable bonds is 10. The molecule has 0 saturated heterocycles. The van der Waals surface area contributed by atoms with Crippen LogP contribution in [0.5, 0.6) is 0 Å². The Hall–Kier alpha value is -1.93. The number of anilines is 1. The minimum atomic E-state index is -3.29. The summed E-state index contributed by atoms with van der Waals surface area (Å²) in [6.07, 6.45) is 2.52. The van der Waals surface area contributed by atoms with Crippen LogP contribution < -0.4 is 10.0 Å². The van der Waals surface area contributed by atoms with Gasteiger partial charge >= 0.3 is 0 Å². The second kappa shape index (κ2) is 9.26. The maximum absolute atomic E-state index is 12.5. The van der Waals surface area contributed by atoms with Gasteiger partial charge in [0.05, 0.1) is 15.9 Å². The summed E-state index contributed by atoms with van der Waals surface area (Å²) in [6.45, 7) is 10.6. The van der Waals surface area contributed by atoms with Crippen molar-refractivity contribution in [3.8, 4) is 0 Å². The number of imide groups is 1. The quantitative estimate of drug-likeness (QED) is 0.445. The number of unbranched alkanes of at least 4 members (excludes halogenated alkanes) is 2. The summed E-state index contributed by atoms with van der Waals surface area (Å²) in [5.41, 5.74) is 1.73. The van der Waals surface area contributed by atoms with Crippen LogP contribution >= 0.6 is 0 Å². The zero-order valence-electron chi connectivity index (χ0n) is 18.0. The number of amides is 2. The third-order valence-corrected chi connectivity index (χ3v) is 7.00. The van der Waals surface area contributed by atoms with Crippen molar-refractivity contribution in [2.45, 2.75) is 58.6 Å². The van der Waals surface area contributed by atoms with Crippen molar-refractivity contribution in [1.29, 1.82) is 0 Å². The van der Waals surface area contributed by atoms with Gasteiger partial charge in [0, 0.05) is 25.3 Å². The molecular formula is C21H33N3O4S. The molecule has 0 aromatic heterocycles. The molecule has 162 valence electrons. The van der Waals surface area contributed by atoms with Gasteiger partial charge in [0.2, 0.25) is 10.0 Å². The topological polar surface area (TPSA) is 95.6 Å². The van der Waals surface area contributed by atoms with Crippen LogP contribution in [0.3, 0.4) is 0 Å². The summed E-state index contributed by atoms with van der Waals surface area (Å²) in [5.74, 6) is -0.223. The molecule has 1 aromatic carbocycles. The van der Waals surface area contributed by atoms with E-state index < -0.39 is 14.8 Å². The van der Waals surface area contributed by atoms with E-state index in [1.54, 1.807) is 32.9 Å². The molecule has 1 aliphatic heterocycles. The molecule has 8 heteroatoms. The molecule has 2 amide bonds. The summed E-state index contributed by atoms with van der Waals surface area (Å²) >= 11 is 0. The van der Waals surface area contributed by atoms with E-state index in [9.17, 15) is 18.0 Å². The Labute approximate surface area is 174 Å². The number of carbonyl (C=O) groups is 2. The summed E-state index contributed by atoms with van der Waals surface area (Å²) < 4.78 is 25.8. The summed E-state index contributed by atoms with van der Waals surface area (Å²) in [4.78, 5) is 26.2. The fourth-order valence-corrected chi connectivity index (χ4v) is 3.86. The Morgan fingerprint density at radius 1 is 0.966 bits per heavy atom. The van der Waals surface area contributed by atoms with Crippen LogP contribution in [0.15, 0.2) is 18.2 Å². The molecular weight excluding hydrogens is 390 g/mol. The van der Waals surface area contributed by atoms with Crippen molar-refractivity contribution in [3.05, 3.63) is 29.3 Å². The average molecular weight is 424 g/mol. The van der Waals surface area contributed by atoms with Crippen molar-refractivity contribution < 1.29 is 18.0 Å². The Morgan fingerprint density at radius 3 is 2.21 bits per heavy atom. The monoisotopic (exact) mass is 423 g/mol. The van der Waals surface area contributed by atoms with Crippen LogP contribution in [0.1, 0.15) is 74.6 Å². The molecule has 0 aliphatic carbocycles. The van der Waals surface area contributed by atoms with Crippen molar-refractivity contribution in [2.24, 2.45) is 5.92 Å². The molecule has 2 N–H and O–H groups in total. The van der Waals surface area contributed by atoms with Gasteiger partial charge in [-0.3, -0.25) is 14.5 Å². The number of sulfonamides is 1. The highest BCUT2D eigenvalue weighted by Gasteiger charge is 2.35. The van der Waals surface area contributed by atoms with E-state index in [0.29, 0.717) is 30.8 Å². The lowest BCUT2D eigenvalue weighted by Gasteiger charge is -2.19. The van der Waals surface area contributed by atoms with Gasteiger partial charge in [-0.15, -0.1) is 0 Å². The van der Waals surface area contributed by atoms with E-state index in [4.69, 9.17) is 0 Å². The number of benzene rings is 1. The van der Waals surface area contributed by atoms with Crippen LogP contribution in [0, 0.1) is 5.92 Å².